The van der Waals surface area contributed by atoms with E-state index in [0.29, 0.717) is 12.2 Å². The lowest BCUT2D eigenvalue weighted by Gasteiger charge is -2.43. The molecule has 1 fully saturated rings. The van der Waals surface area contributed by atoms with Crippen LogP contribution >= 0.6 is 0 Å². The number of aliphatic carboxylic acids is 1. The second kappa shape index (κ2) is 14.8. The van der Waals surface area contributed by atoms with E-state index in [0.717, 1.165) is 16.7 Å². The van der Waals surface area contributed by atoms with E-state index >= 15 is 0 Å². The van der Waals surface area contributed by atoms with E-state index in [2.05, 4.69) is 73.6 Å². The summed E-state index contributed by atoms with van der Waals surface area (Å²) in [4.78, 5) is 25.6. The first kappa shape index (κ1) is 32.3. The SMILES string of the molecule is CC1C(CN(C)C(C)c2ccc3ccccc3c2)OC(c2cccc(NC(=O)CCCC(=O)O)c2)OC1c1ccc(CO)cc1. The van der Waals surface area contributed by atoms with Gasteiger partial charge >= 0.3 is 5.97 Å². The van der Waals surface area contributed by atoms with Crippen LogP contribution in [0.3, 0.4) is 0 Å². The Morgan fingerprint density at radius 1 is 0.889 bits per heavy atom. The molecule has 0 aliphatic carbocycles. The summed E-state index contributed by atoms with van der Waals surface area (Å²) in [6.45, 7) is 5.00. The maximum atomic E-state index is 12.5. The van der Waals surface area contributed by atoms with Crippen LogP contribution in [0.15, 0.2) is 91.0 Å². The third-order valence-electron chi connectivity index (χ3n) is 8.75. The van der Waals surface area contributed by atoms with Gasteiger partial charge in [0.25, 0.3) is 0 Å². The predicted octanol–water partition coefficient (Wildman–Crippen LogP) is 7.01. The summed E-state index contributed by atoms with van der Waals surface area (Å²) in [6.07, 6.45) is -0.765. The Labute approximate surface area is 264 Å². The van der Waals surface area contributed by atoms with E-state index in [1.807, 2.05) is 42.5 Å². The van der Waals surface area contributed by atoms with Gasteiger partial charge in [0.2, 0.25) is 5.91 Å². The zero-order valence-corrected chi connectivity index (χ0v) is 26.1. The average molecular weight is 611 g/mol. The number of amides is 1. The quantitative estimate of drug-likeness (QED) is 0.158. The Hall–Kier alpha value is -4.08. The zero-order valence-electron chi connectivity index (χ0n) is 26.1. The lowest BCUT2D eigenvalue weighted by atomic mass is 9.89. The minimum absolute atomic E-state index is 0.0181. The van der Waals surface area contributed by atoms with Gasteiger partial charge in [0, 0.05) is 42.6 Å². The number of nitrogens with zero attached hydrogens (tertiary/aromatic N) is 1. The van der Waals surface area contributed by atoms with Crippen molar-refractivity contribution in [2.24, 2.45) is 5.92 Å². The van der Waals surface area contributed by atoms with Crippen molar-refractivity contribution in [1.82, 2.24) is 4.90 Å². The molecule has 0 aromatic heterocycles. The first-order valence-electron chi connectivity index (χ1n) is 15.5. The van der Waals surface area contributed by atoms with Crippen molar-refractivity contribution in [3.63, 3.8) is 0 Å². The Morgan fingerprint density at radius 3 is 2.38 bits per heavy atom. The topological polar surface area (TPSA) is 108 Å². The maximum Gasteiger partial charge on any atom is 0.303 e. The minimum atomic E-state index is -0.918. The third-order valence-corrected chi connectivity index (χ3v) is 8.75. The van der Waals surface area contributed by atoms with Crippen molar-refractivity contribution < 1.29 is 29.3 Å². The van der Waals surface area contributed by atoms with Crippen molar-refractivity contribution in [3.05, 3.63) is 113 Å². The summed E-state index contributed by atoms with van der Waals surface area (Å²) in [5.74, 6) is -1.14. The van der Waals surface area contributed by atoms with E-state index < -0.39 is 12.3 Å². The highest BCUT2D eigenvalue weighted by atomic mass is 16.7. The van der Waals surface area contributed by atoms with Gasteiger partial charge in [0.05, 0.1) is 18.8 Å². The Kier molecular flexibility index (Phi) is 10.6. The van der Waals surface area contributed by atoms with Gasteiger partial charge in [-0.3, -0.25) is 14.5 Å². The molecule has 236 valence electrons. The van der Waals surface area contributed by atoms with Crippen LogP contribution in [0.4, 0.5) is 5.69 Å². The summed E-state index contributed by atoms with van der Waals surface area (Å²) < 4.78 is 13.3. The monoisotopic (exact) mass is 610 g/mol. The highest BCUT2D eigenvalue weighted by molar-refractivity contribution is 5.91. The van der Waals surface area contributed by atoms with Crippen molar-refractivity contribution >= 4 is 28.3 Å². The van der Waals surface area contributed by atoms with Crippen molar-refractivity contribution in [2.75, 3.05) is 18.9 Å². The van der Waals surface area contributed by atoms with Gasteiger partial charge in [-0.15, -0.1) is 0 Å². The lowest BCUT2D eigenvalue weighted by molar-refractivity contribution is -0.276. The number of fused-ring (bicyclic) bond motifs is 1. The molecule has 1 aliphatic heterocycles. The molecule has 0 bridgehead atoms. The molecule has 8 nitrogen and oxygen atoms in total. The molecule has 0 radical (unpaired) electrons. The second-order valence-electron chi connectivity index (χ2n) is 12.0. The fourth-order valence-corrected chi connectivity index (χ4v) is 5.88. The van der Waals surface area contributed by atoms with Crippen molar-refractivity contribution in [2.45, 2.75) is 64.3 Å². The summed E-state index contributed by atoms with van der Waals surface area (Å²) in [7, 11) is 2.12. The van der Waals surface area contributed by atoms with Crippen LogP contribution in [0.5, 0.6) is 0 Å². The Bertz CT molecular complexity index is 1610. The summed E-state index contributed by atoms with van der Waals surface area (Å²) >= 11 is 0. The lowest BCUT2D eigenvalue weighted by Crippen LogP contribution is -2.44. The zero-order chi connectivity index (χ0) is 31.9. The van der Waals surface area contributed by atoms with Crippen LogP contribution in [0.25, 0.3) is 10.8 Å². The molecule has 4 aromatic carbocycles. The van der Waals surface area contributed by atoms with E-state index in [9.17, 15) is 14.7 Å². The number of aliphatic hydroxyl groups is 1. The first-order chi connectivity index (χ1) is 21.7. The standard InChI is InChI=1S/C37H42N2O6/c1-24-33(22-39(3)25(2)29-19-18-27-8-4-5-9-30(27)20-29)44-37(45-36(24)28-16-14-26(23-40)15-17-28)31-10-6-11-32(21-31)38-34(41)12-7-13-35(42)43/h4-6,8-11,14-21,24-25,33,36-37,40H,7,12-13,22-23H2,1-3H3,(H,38,41)(H,42,43). The van der Waals surface area contributed by atoms with Gasteiger partial charge in [-0.2, -0.15) is 0 Å². The van der Waals surface area contributed by atoms with Gasteiger partial charge < -0.3 is 25.0 Å². The Morgan fingerprint density at radius 2 is 1.64 bits per heavy atom. The highest BCUT2D eigenvalue weighted by Crippen LogP contribution is 2.42. The number of aliphatic hydroxyl groups excluding tert-OH is 1. The molecule has 0 saturated carbocycles. The number of carbonyl (C=O) groups excluding carboxylic acids is 1. The third kappa shape index (κ3) is 8.15. The summed E-state index contributed by atoms with van der Waals surface area (Å²) in [5, 5.41) is 23.8. The Balaban J connectivity index is 1.36. The number of carboxylic acids is 1. The first-order valence-corrected chi connectivity index (χ1v) is 15.5. The van der Waals surface area contributed by atoms with Crippen molar-refractivity contribution in [3.8, 4) is 0 Å². The van der Waals surface area contributed by atoms with Gasteiger partial charge in [-0.1, -0.05) is 79.7 Å². The van der Waals surface area contributed by atoms with Gasteiger partial charge in [-0.05, 0) is 66.1 Å². The fourth-order valence-electron chi connectivity index (χ4n) is 5.88. The number of hydrogen-bond donors (Lipinski definition) is 3. The number of rotatable bonds is 12. The largest absolute Gasteiger partial charge is 0.481 e. The van der Waals surface area contributed by atoms with E-state index in [1.54, 1.807) is 6.07 Å². The molecule has 8 heteroatoms. The highest BCUT2D eigenvalue weighted by Gasteiger charge is 2.39. The average Bonchev–Trinajstić information content (AvgIpc) is 3.05. The van der Waals surface area contributed by atoms with Crippen LogP contribution in [-0.2, 0) is 25.7 Å². The van der Waals surface area contributed by atoms with Crippen LogP contribution in [0.1, 0.15) is 73.8 Å². The number of ether oxygens (including phenoxy) is 2. The van der Waals surface area contributed by atoms with E-state index in [4.69, 9.17) is 14.6 Å². The smallest absolute Gasteiger partial charge is 0.303 e. The van der Waals surface area contributed by atoms with E-state index in [-0.39, 0.29) is 55.9 Å². The normalized spacial score (nSPS) is 20.6. The molecule has 5 atom stereocenters. The van der Waals surface area contributed by atoms with Gasteiger partial charge in [-0.25, -0.2) is 0 Å². The molecule has 1 heterocycles. The molecule has 3 N–H and O–H groups in total. The maximum absolute atomic E-state index is 12.5. The molecule has 1 aliphatic rings. The molecular weight excluding hydrogens is 568 g/mol. The van der Waals surface area contributed by atoms with Crippen LogP contribution in [0, 0.1) is 5.92 Å². The van der Waals surface area contributed by atoms with E-state index in [1.165, 1.54) is 16.3 Å². The molecule has 0 spiro atoms. The summed E-state index contributed by atoms with van der Waals surface area (Å²) in [5.41, 5.74) is 4.45. The van der Waals surface area contributed by atoms with Crippen LogP contribution < -0.4 is 5.32 Å². The second-order valence-corrected chi connectivity index (χ2v) is 12.0. The molecule has 45 heavy (non-hydrogen) atoms. The number of hydrogen-bond acceptors (Lipinski definition) is 6. The minimum Gasteiger partial charge on any atom is -0.481 e. The predicted molar refractivity (Wildman–Crippen MR) is 175 cm³/mol. The molecule has 5 rings (SSSR count). The molecule has 5 unspecified atom stereocenters. The van der Waals surface area contributed by atoms with Gasteiger partial charge in [0.1, 0.15) is 0 Å². The van der Waals surface area contributed by atoms with Crippen molar-refractivity contribution in [1.29, 1.82) is 0 Å². The van der Waals surface area contributed by atoms with Crippen LogP contribution in [0.2, 0.25) is 0 Å². The molecular formula is C37H42N2O6. The molecule has 4 aromatic rings. The number of anilines is 1. The number of carbonyl (C=O) groups is 2. The molecule has 1 amide bonds. The summed E-state index contributed by atoms with van der Waals surface area (Å²) in [6, 6.07) is 30.4. The molecule has 1 saturated heterocycles. The van der Waals surface area contributed by atoms with Crippen LogP contribution in [-0.4, -0.2) is 46.7 Å². The van der Waals surface area contributed by atoms with Gasteiger partial charge in [0.15, 0.2) is 6.29 Å². The number of carboxylic acid groups (broad SMARTS) is 1. The number of likely N-dealkylation sites (N-methyl/N-ethyl adjacent to an activating group) is 1. The number of nitrogens with one attached hydrogen (secondary N) is 1. The number of benzene rings is 4. The fraction of sp³-hybridized carbons (Fsp3) is 0.351.